The number of allylic oxidation sites excluding steroid dienone is 2. The van der Waals surface area contributed by atoms with Crippen molar-refractivity contribution in [1.29, 1.82) is 0 Å². The summed E-state index contributed by atoms with van der Waals surface area (Å²) >= 11 is 0. The highest BCUT2D eigenvalue weighted by molar-refractivity contribution is 5.78. The van der Waals surface area contributed by atoms with E-state index in [9.17, 15) is 9.59 Å². The first kappa shape index (κ1) is 23.9. The molecule has 3 nitrogen and oxygen atoms in total. The van der Waals surface area contributed by atoms with Crippen LogP contribution in [0.4, 0.5) is 0 Å². The lowest BCUT2D eigenvalue weighted by Crippen LogP contribution is -2.25. The summed E-state index contributed by atoms with van der Waals surface area (Å²) in [4.78, 5) is 22.3. The topological polar surface area (TPSA) is 46.2 Å². The van der Waals surface area contributed by atoms with Crippen LogP contribution in [-0.2, 0) is 9.59 Å². The Balaban J connectivity index is 3.21. The molecule has 0 saturated heterocycles. The second kappa shape index (κ2) is 19.2. The van der Waals surface area contributed by atoms with Crippen LogP contribution in [0.2, 0.25) is 0 Å². The van der Waals surface area contributed by atoms with Crippen molar-refractivity contribution in [3.8, 4) is 0 Å². The number of carbonyl (C=O) groups excluding carboxylic acids is 2. The maximum Gasteiger partial charge on any atom is 0.220 e. The minimum Gasteiger partial charge on any atom is -0.356 e. The summed E-state index contributed by atoms with van der Waals surface area (Å²) in [5, 5.41) is 2.79. The fourth-order valence-electron chi connectivity index (χ4n) is 2.82. The predicted octanol–water partition coefficient (Wildman–Crippen LogP) is 6.12. The van der Waals surface area contributed by atoms with Gasteiger partial charge in [0.05, 0.1) is 0 Å². The zero-order valence-corrected chi connectivity index (χ0v) is 16.8. The Hall–Kier alpha value is -1.12. The van der Waals surface area contributed by atoms with Crippen molar-refractivity contribution in [2.75, 3.05) is 6.54 Å². The van der Waals surface area contributed by atoms with Gasteiger partial charge in [0.2, 0.25) is 5.91 Å². The van der Waals surface area contributed by atoms with Crippen LogP contribution >= 0.6 is 0 Å². The Bertz CT molecular complexity index is 350. The molecular weight excluding hydrogens is 310 g/mol. The molecule has 0 radical (unpaired) electrons. The van der Waals surface area contributed by atoms with Gasteiger partial charge in [-0.3, -0.25) is 9.59 Å². The lowest BCUT2D eigenvalue weighted by Gasteiger charge is -2.03. The molecule has 0 aliphatic rings. The van der Waals surface area contributed by atoms with Gasteiger partial charge in [0.25, 0.3) is 0 Å². The third kappa shape index (κ3) is 20.8. The fraction of sp³-hybridized carbons (Fsp3) is 0.818. The molecule has 0 bridgehead atoms. The lowest BCUT2D eigenvalue weighted by atomic mass is 10.1. The Kier molecular flexibility index (Phi) is 18.3. The van der Waals surface area contributed by atoms with E-state index in [4.69, 9.17) is 0 Å². The van der Waals surface area contributed by atoms with E-state index in [-0.39, 0.29) is 11.7 Å². The van der Waals surface area contributed by atoms with Crippen LogP contribution in [0.1, 0.15) is 110 Å². The van der Waals surface area contributed by atoms with Crippen LogP contribution in [0.25, 0.3) is 0 Å². The molecule has 1 amide bonds. The summed E-state index contributed by atoms with van der Waals surface area (Å²) in [7, 11) is 0. The molecule has 0 atom stereocenters. The number of unbranched alkanes of at least 4 members (excludes halogenated alkanes) is 11. The van der Waals surface area contributed by atoms with Crippen LogP contribution in [-0.4, -0.2) is 18.2 Å². The molecule has 25 heavy (non-hydrogen) atoms. The zero-order valence-electron chi connectivity index (χ0n) is 16.8. The second-order valence-electron chi connectivity index (χ2n) is 7.14. The molecular formula is C22H41NO2. The molecule has 3 heteroatoms. The van der Waals surface area contributed by atoms with Gasteiger partial charge in [0, 0.05) is 19.4 Å². The fourth-order valence-corrected chi connectivity index (χ4v) is 2.82. The average Bonchev–Trinajstić information content (AvgIpc) is 2.58. The summed E-state index contributed by atoms with van der Waals surface area (Å²) in [5.74, 6) is 0.209. The van der Waals surface area contributed by atoms with E-state index in [1.807, 2.05) is 0 Å². The van der Waals surface area contributed by atoms with E-state index in [1.165, 1.54) is 70.6 Å². The third-order valence-corrected chi connectivity index (χ3v) is 4.46. The summed E-state index contributed by atoms with van der Waals surface area (Å²) < 4.78 is 0. The van der Waals surface area contributed by atoms with Crippen molar-refractivity contribution in [2.45, 2.75) is 110 Å². The van der Waals surface area contributed by atoms with E-state index in [2.05, 4.69) is 24.4 Å². The minimum atomic E-state index is 0.0823. The summed E-state index contributed by atoms with van der Waals surface area (Å²) in [5.41, 5.74) is 0. The number of amides is 1. The van der Waals surface area contributed by atoms with Crippen LogP contribution in [0.3, 0.4) is 0 Å². The van der Waals surface area contributed by atoms with Gasteiger partial charge in [-0.1, -0.05) is 70.4 Å². The number of rotatable bonds is 18. The first-order chi connectivity index (χ1) is 12.2. The number of hydrogen-bond acceptors (Lipinski definition) is 2. The standard InChI is InChI=1S/C22H41NO2/c1-3-4-5-6-7-8-9-10-11-12-13-14-15-16-17-18-22(25)23-20-19-21(2)24/h10-11H,3-9,12-20H2,1-2H3,(H,23,25)/b11-10-. The lowest BCUT2D eigenvalue weighted by molar-refractivity contribution is -0.121. The van der Waals surface area contributed by atoms with E-state index < -0.39 is 0 Å². The van der Waals surface area contributed by atoms with Gasteiger partial charge in [-0.15, -0.1) is 0 Å². The normalized spacial score (nSPS) is 11.1. The van der Waals surface area contributed by atoms with Crippen LogP contribution in [0.5, 0.6) is 0 Å². The molecule has 0 aliphatic heterocycles. The Morgan fingerprint density at radius 3 is 1.80 bits per heavy atom. The molecule has 0 fully saturated rings. The SMILES string of the molecule is CCCCCCCC/C=C\CCCCCCCC(=O)NCCC(C)=O. The molecule has 0 unspecified atom stereocenters. The number of carbonyl (C=O) groups is 2. The molecule has 0 aromatic heterocycles. The van der Waals surface area contributed by atoms with Crippen molar-refractivity contribution in [2.24, 2.45) is 0 Å². The third-order valence-electron chi connectivity index (χ3n) is 4.46. The Morgan fingerprint density at radius 2 is 1.24 bits per heavy atom. The molecule has 0 spiro atoms. The van der Waals surface area contributed by atoms with Crippen molar-refractivity contribution in [3.63, 3.8) is 0 Å². The van der Waals surface area contributed by atoms with Gasteiger partial charge >= 0.3 is 0 Å². The number of ketones is 1. The number of hydrogen-bond donors (Lipinski definition) is 1. The van der Waals surface area contributed by atoms with Crippen molar-refractivity contribution in [3.05, 3.63) is 12.2 Å². The highest BCUT2D eigenvalue weighted by Crippen LogP contribution is 2.09. The molecule has 0 saturated carbocycles. The zero-order chi connectivity index (χ0) is 18.6. The maximum atomic E-state index is 11.5. The van der Waals surface area contributed by atoms with Crippen molar-refractivity contribution in [1.82, 2.24) is 5.32 Å². The van der Waals surface area contributed by atoms with Gasteiger partial charge < -0.3 is 5.32 Å². The van der Waals surface area contributed by atoms with Gasteiger partial charge in [-0.05, 0) is 39.0 Å². The Labute approximate surface area is 156 Å². The summed E-state index contributed by atoms with van der Waals surface area (Å²) in [6.07, 6.45) is 22.2. The van der Waals surface area contributed by atoms with E-state index in [0.717, 1.165) is 12.8 Å². The molecule has 0 aromatic rings. The molecule has 0 aliphatic carbocycles. The first-order valence-electron chi connectivity index (χ1n) is 10.6. The monoisotopic (exact) mass is 351 g/mol. The predicted molar refractivity (Wildman–Crippen MR) is 108 cm³/mol. The average molecular weight is 352 g/mol. The molecule has 1 N–H and O–H groups in total. The second-order valence-corrected chi connectivity index (χ2v) is 7.14. The van der Waals surface area contributed by atoms with Crippen LogP contribution in [0.15, 0.2) is 12.2 Å². The van der Waals surface area contributed by atoms with Crippen LogP contribution < -0.4 is 5.32 Å². The van der Waals surface area contributed by atoms with E-state index in [1.54, 1.807) is 6.92 Å². The largest absolute Gasteiger partial charge is 0.356 e. The first-order valence-corrected chi connectivity index (χ1v) is 10.6. The summed E-state index contributed by atoms with van der Waals surface area (Å²) in [6, 6.07) is 0. The molecule has 0 heterocycles. The molecule has 0 aromatic carbocycles. The Morgan fingerprint density at radius 1 is 0.720 bits per heavy atom. The molecule has 0 rings (SSSR count). The van der Waals surface area contributed by atoms with Gasteiger partial charge in [0.1, 0.15) is 5.78 Å². The van der Waals surface area contributed by atoms with Gasteiger partial charge in [-0.2, -0.15) is 0 Å². The summed E-state index contributed by atoms with van der Waals surface area (Å²) in [6.45, 7) is 4.30. The van der Waals surface area contributed by atoms with Gasteiger partial charge in [-0.25, -0.2) is 0 Å². The quantitative estimate of drug-likeness (QED) is 0.239. The van der Waals surface area contributed by atoms with E-state index in [0.29, 0.717) is 19.4 Å². The minimum absolute atomic E-state index is 0.0823. The van der Waals surface area contributed by atoms with Crippen molar-refractivity contribution < 1.29 is 9.59 Å². The van der Waals surface area contributed by atoms with Crippen molar-refractivity contribution >= 4 is 11.7 Å². The van der Waals surface area contributed by atoms with Gasteiger partial charge in [0.15, 0.2) is 0 Å². The smallest absolute Gasteiger partial charge is 0.220 e. The maximum absolute atomic E-state index is 11.5. The number of Topliss-reactive ketones (excluding diaryl/α,β-unsaturated/α-hetero) is 1. The highest BCUT2D eigenvalue weighted by Gasteiger charge is 2.01. The van der Waals surface area contributed by atoms with Crippen LogP contribution in [0, 0.1) is 0 Å². The molecule has 146 valence electrons. The highest BCUT2D eigenvalue weighted by atomic mass is 16.1. The number of nitrogens with one attached hydrogen (secondary N) is 1. The van der Waals surface area contributed by atoms with E-state index >= 15 is 0 Å².